The van der Waals surface area contributed by atoms with Crippen molar-refractivity contribution >= 4 is 29.1 Å². The maximum atomic E-state index is 13.3. The van der Waals surface area contributed by atoms with Crippen LogP contribution in [0.3, 0.4) is 0 Å². The van der Waals surface area contributed by atoms with E-state index in [4.69, 9.17) is 23.2 Å². The molecule has 0 saturated heterocycles. The van der Waals surface area contributed by atoms with E-state index < -0.39 is 17.7 Å². The molecule has 22 heavy (non-hydrogen) atoms. The minimum Gasteiger partial charge on any atom is -0.335 e. The van der Waals surface area contributed by atoms with Crippen molar-refractivity contribution in [3.63, 3.8) is 0 Å². The lowest BCUT2D eigenvalue weighted by Crippen LogP contribution is -2.29. The van der Waals surface area contributed by atoms with Crippen LogP contribution >= 0.6 is 23.2 Å². The van der Waals surface area contributed by atoms with Gasteiger partial charge in [-0.15, -0.1) is 0 Å². The smallest absolute Gasteiger partial charge is 0.255 e. The molecular formula is C15H12Cl2F2N2O. The second-order valence-corrected chi connectivity index (χ2v) is 5.53. The SMILES string of the molecule is CC(c1ccc(F)c(F)c1)N(C)C(=O)c1cnc(Cl)c(Cl)c1. The Morgan fingerprint density at radius 3 is 2.50 bits per heavy atom. The van der Waals surface area contributed by atoms with Crippen LogP contribution < -0.4 is 0 Å². The topological polar surface area (TPSA) is 33.2 Å². The molecule has 0 spiro atoms. The Morgan fingerprint density at radius 1 is 1.23 bits per heavy atom. The maximum Gasteiger partial charge on any atom is 0.255 e. The number of aromatic nitrogens is 1. The highest BCUT2D eigenvalue weighted by Gasteiger charge is 2.21. The van der Waals surface area contributed by atoms with E-state index in [1.807, 2.05) is 0 Å². The lowest BCUT2D eigenvalue weighted by Gasteiger charge is -2.25. The predicted molar refractivity (Wildman–Crippen MR) is 81.1 cm³/mol. The van der Waals surface area contributed by atoms with E-state index in [0.717, 1.165) is 12.1 Å². The van der Waals surface area contributed by atoms with Crippen LogP contribution in [0.5, 0.6) is 0 Å². The minimum absolute atomic E-state index is 0.106. The molecule has 0 N–H and O–H groups in total. The Bertz CT molecular complexity index is 725. The van der Waals surface area contributed by atoms with Gasteiger partial charge in [0.1, 0.15) is 5.15 Å². The number of halogens is 4. The van der Waals surface area contributed by atoms with Crippen LogP contribution in [-0.4, -0.2) is 22.8 Å². The normalized spacial score (nSPS) is 12.1. The molecule has 1 heterocycles. The number of hydrogen-bond donors (Lipinski definition) is 0. The number of hydrogen-bond acceptors (Lipinski definition) is 2. The monoisotopic (exact) mass is 344 g/mol. The number of amides is 1. The van der Waals surface area contributed by atoms with Gasteiger partial charge in [-0.2, -0.15) is 0 Å². The second-order valence-electron chi connectivity index (χ2n) is 4.76. The fourth-order valence-electron chi connectivity index (χ4n) is 1.91. The van der Waals surface area contributed by atoms with Crippen molar-refractivity contribution in [3.8, 4) is 0 Å². The van der Waals surface area contributed by atoms with E-state index in [1.54, 1.807) is 14.0 Å². The summed E-state index contributed by atoms with van der Waals surface area (Å²) in [6, 6.07) is 4.47. The number of pyridine rings is 1. The highest BCUT2D eigenvalue weighted by atomic mass is 35.5. The summed E-state index contributed by atoms with van der Waals surface area (Å²) < 4.78 is 26.3. The van der Waals surface area contributed by atoms with Gasteiger partial charge in [0.2, 0.25) is 0 Å². The van der Waals surface area contributed by atoms with Crippen molar-refractivity contribution in [2.45, 2.75) is 13.0 Å². The average Bonchev–Trinajstić information content (AvgIpc) is 2.50. The zero-order valence-corrected chi connectivity index (χ0v) is 13.3. The van der Waals surface area contributed by atoms with Crippen LogP contribution in [0.1, 0.15) is 28.9 Å². The third kappa shape index (κ3) is 3.36. The first kappa shape index (κ1) is 16.6. The molecule has 2 rings (SSSR count). The number of carbonyl (C=O) groups is 1. The van der Waals surface area contributed by atoms with Gasteiger partial charge >= 0.3 is 0 Å². The maximum absolute atomic E-state index is 13.3. The molecule has 0 bridgehead atoms. The van der Waals surface area contributed by atoms with Gasteiger partial charge in [0, 0.05) is 13.2 Å². The molecule has 1 aromatic heterocycles. The van der Waals surface area contributed by atoms with Gasteiger partial charge in [-0.05, 0) is 30.7 Å². The van der Waals surface area contributed by atoms with E-state index in [9.17, 15) is 13.6 Å². The Kier molecular flexibility index (Phi) is 4.98. The van der Waals surface area contributed by atoms with E-state index in [-0.39, 0.29) is 21.6 Å². The van der Waals surface area contributed by atoms with Crippen molar-refractivity contribution < 1.29 is 13.6 Å². The van der Waals surface area contributed by atoms with Crippen LogP contribution in [0, 0.1) is 11.6 Å². The lowest BCUT2D eigenvalue weighted by atomic mass is 10.1. The van der Waals surface area contributed by atoms with Gasteiger partial charge in [0.15, 0.2) is 11.6 Å². The average molecular weight is 345 g/mol. The largest absolute Gasteiger partial charge is 0.335 e. The van der Waals surface area contributed by atoms with Crippen molar-refractivity contribution in [2.75, 3.05) is 7.05 Å². The van der Waals surface area contributed by atoms with E-state index in [0.29, 0.717) is 5.56 Å². The molecule has 0 aliphatic carbocycles. The number of benzene rings is 1. The van der Waals surface area contributed by atoms with E-state index in [1.165, 1.54) is 23.2 Å². The summed E-state index contributed by atoms with van der Waals surface area (Å²) in [5.74, 6) is -2.25. The van der Waals surface area contributed by atoms with Crippen molar-refractivity contribution in [3.05, 3.63) is 63.4 Å². The zero-order valence-electron chi connectivity index (χ0n) is 11.8. The molecule has 3 nitrogen and oxygen atoms in total. The molecule has 0 fully saturated rings. The molecule has 0 aliphatic rings. The standard InChI is InChI=1S/C15H12Cl2F2N2O/c1-8(9-3-4-12(18)13(19)6-9)21(2)15(22)10-5-11(16)14(17)20-7-10/h3-8H,1-2H3. The summed E-state index contributed by atoms with van der Waals surface area (Å²) in [4.78, 5) is 17.6. The highest BCUT2D eigenvalue weighted by molar-refractivity contribution is 6.41. The fourth-order valence-corrected chi connectivity index (χ4v) is 2.18. The first-order chi connectivity index (χ1) is 10.3. The summed E-state index contributed by atoms with van der Waals surface area (Å²) in [6.07, 6.45) is 1.31. The Balaban J connectivity index is 2.25. The van der Waals surface area contributed by atoms with Gasteiger partial charge in [-0.3, -0.25) is 4.79 Å². The van der Waals surface area contributed by atoms with Gasteiger partial charge in [-0.25, -0.2) is 13.8 Å². The van der Waals surface area contributed by atoms with Crippen LogP contribution in [0.15, 0.2) is 30.5 Å². The third-order valence-electron chi connectivity index (χ3n) is 3.37. The second kappa shape index (κ2) is 6.58. The minimum atomic E-state index is -0.957. The van der Waals surface area contributed by atoms with Crippen LogP contribution in [-0.2, 0) is 0 Å². The first-order valence-electron chi connectivity index (χ1n) is 6.34. The number of nitrogens with zero attached hydrogens (tertiary/aromatic N) is 2. The molecular weight excluding hydrogens is 333 g/mol. The zero-order chi connectivity index (χ0) is 16.4. The number of rotatable bonds is 3. The van der Waals surface area contributed by atoms with Crippen molar-refractivity contribution in [1.82, 2.24) is 9.88 Å². The first-order valence-corrected chi connectivity index (χ1v) is 7.10. The third-order valence-corrected chi connectivity index (χ3v) is 4.06. The molecule has 2 aromatic rings. The predicted octanol–water partition coefficient (Wildman–Crippen LogP) is 4.50. The summed E-state index contributed by atoms with van der Waals surface area (Å²) >= 11 is 11.6. The van der Waals surface area contributed by atoms with Gasteiger partial charge < -0.3 is 4.90 Å². The fraction of sp³-hybridized carbons (Fsp3) is 0.200. The Labute approximate surface area is 136 Å². The molecule has 0 aliphatic heterocycles. The summed E-state index contributed by atoms with van der Waals surface area (Å²) in [6.45, 7) is 1.70. The van der Waals surface area contributed by atoms with E-state index in [2.05, 4.69) is 4.98 Å². The summed E-state index contributed by atoms with van der Waals surface area (Å²) in [5.41, 5.74) is 0.731. The van der Waals surface area contributed by atoms with Gasteiger partial charge in [0.05, 0.1) is 16.6 Å². The Morgan fingerprint density at radius 2 is 1.91 bits per heavy atom. The summed E-state index contributed by atoms with van der Waals surface area (Å²) in [7, 11) is 1.55. The van der Waals surface area contributed by atoms with E-state index >= 15 is 0 Å². The van der Waals surface area contributed by atoms with Crippen molar-refractivity contribution in [2.24, 2.45) is 0 Å². The Hall–Kier alpha value is -1.72. The van der Waals surface area contributed by atoms with Crippen LogP contribution in [0.25, 0.3) is 0 Å². The molecule has 116 valence electrons. The summed E-state index contributed by atoms with van der Waals surface area (Å²) in [5, 5.41) is 0.274. The molecule has 1 aromatic carbocycles. The molecule has 1 unspecified atom stereocenters. The molecule has 0 saturated carbocycles. The van der Waals surface area contributed by atoms with Crippen LogP contribution in [0.4, 0.5) is 8.78 Å². The lowest BCUT2D eigenvalue weighted by molar-refractivity contribution is 0.0742. The molecule has 7 heteroatoms. The quantitative estimate of drug-likeness (QED) is 0.768. The van der Waals surface area contributed by atoms with Gasteiger partial charge in [0.25, 0.3) is 5.91 Å². The highest BCUT2D eigenvalue weighted by Crippen LogP contribution is 2.24. The van der Waals surface area contributed by atoms with Crippen LogP contribution in [0.2, 0.25) is 10.2 Å². The van der Waals surface area contributed by atoms with Gasteiger partial charge in [-0.1, -0.05) is 29.3 Å². The van der Waals surface area contributed by atoms with Crippen molar-refractivity contribution in [1.29, 1.82) is 0 Å². The molecule has 0 radical (unpaired) electrons. The number of carbonyl (C=O) groups excluding carboxylic acids is 1. The molecule has 1 amide bonds. The molecule has 1 atom stereocenters.